The average molecular weight is 524 g/mol. The second-order valence-corrected chi connectivity index (χ2v) is 10.2. The summed E-state index contributed by atoms with van der Waals surface area (Å²) in [6.07, 6.45) is 4.07. The Hall–Kier alpha value is -2.58. The minimum atomic E-state index is -0.300. The smallest absolute Gasteiger partial charge is 0.175 e. The number of rotatable bonds is 7. The summed E-state index contributed by atoms with van der Waals surface area (Å²) < 4.78 is 25.6. The Morgan fingerprint density at radius 2 is 1.78 bits per heavy atom. The van der Waals surface area contributed by atoms with Crippen LogP contribution in [0, 0.1) is 0 Å². The highest BCUT2D eigenvalue weighted by atomic mass is 35.5. The number of benzene rings is 2. The zero-order chi connectivity index (χ0) is 25.2. The molecule has 37 heavy (non-hydrogen) atoms. The number of fused-ring (bicyclic) bond motifs is 1. The van der Waals surface area contributed by atoms with Gasteiger partial charge < -0.3 is 23.5 Å². The molecule has 0 spiro atoms. The molecule has 2 fully saturated rings. The number of likely N-dealkylation sites (tertiary alicyclic amines) is 1. The van der Waals surface area contributed by atoms with Crippen molar-refractivity contribution < 1.29 is 18.9 Å². The molecular formula is C29H34ClN3O4. The predicted molar refractivity (Wildman–Crippen MR) is 142 cm³/mol. The van der Waals surface area contributed by atoms with Crippen molar-refractivity contribution in [1.29, 1.82) is 0 Å². The van der Waals surface area contributed by atoms with Gasteiger partial charge in [-0.25, -0.2) is 4.98 Å². The van der Waals surface area contributed by atoms with Gasteiger partial charge in [-0.3, -0.25) is 4.90 Å². The molecule has 4 heterocycles. The zero-order valence-corrected chi connectivity index (χ0v) is 22.1. The predicted octanol–water partition coefficient (Wildman–Crippen LogP) is 5.64. The first-order chi connectivity index (χ1) is 18.2. The van der Waals surface area contributed by atoms with Crippen LogP contribution in [0.5, 0.6) is 11.5 Å². The monoisotopic (exact) mass is 523 g/mol. The fourth-order valence-electron chi connectivity index (χ4n) is 5.74. The van der Waals surface area contributed by atoms with Crippen LogP contribution in [0.2, 0.25) is 5.15 Å². The average Bonchev–Trinajstić information content (AvgIpc) is 3.57. The van der Waals surface area contributed by atoms with Crippen LogP contribution in [-0.4, -0.2) is 53.7 Å². The van der Waals surface area contributed by atoms with Crippen LogP contribution >= 0.6 is 11.6 Å². The van der Waals surface area contributed by atoms with E-state index >= 15 is 0 Å². The van der Waals surface area contributed by atoms with Crippen molar-refractivity contribution in [2.45, 2.75) is 58.0 Å². The summed E-state index contributed by atoms with van der Waals surface area (Å²) in [6.45, 7) is 6.84. The molecule has 8 heteroatoms. The number of ether oxygens (including phenoxy) is 4. The van der Waals surface area contributed by atoms with Gasteiger partial charge in [0.05, 0.1) is 25.5 Å². The Morgan fingerprint density at radius 1 is 0.973 bits per heavy atom. The van der Waals surface area contributed by atoms with Crippen molar-refractivity contribution in [2.24, 2.45) is 0 Å². The molecule has 1 unspecified atom stereocenters. The summed E-state index contributed by atoms with van der Waals surface area (Å²) in [5, 5.41) is 0.547. The maximum absolute atomic E-state index is 6.91. The lowest BCUT2D eigenvalue weighted by molar-refractivity contribution is -0.0529. The van der Waals surface area contributed by atoms with Crippen LogP contribution in [0.1, 0.15) is 49.0 Å². The van der Waals surface area contributed by atoms with Gasteiger partial charge in [-0.1, -0.05) is 55.3 Å². The summed E-state index contributed by atoms with van der Waals surface area (Å²) in [6, 6.07) is 15.1. The van der Waals surface area contributed by atoms with Gasteiger partial charge in [0.25, 0.3) is 0 Å². The lowest BCUT2D eigenvalue weighted by Crippen LogP contribution is -2.34. The minimum Gasteiger partial charge on any atom is -0.486 e. The van der Waals surface area contributed by atoms with Crippen LogP contribution in [-0.2, 0) is 29.0 Å². The highest BCUT2D eigenvalue weighted by Gasteiger charge is 2.30. The number of aryl methyl sites for hydroxylation is 1. The molecule has 0 aliphatic carbocycles. The Kier molecular flexibility index (Phi) is 7.38. The summed E-state index contributed by atoms with van der Waals surface area (Å²) in [5.41, 5.74) is 4.62. The van der Waals surface area contributed by atoms with Crippen molar-refractivity contribution in [3.8, 4) is 22.9 Å². The summed E-state index contributed by atoms with van der Waals surface area (Å²) in [5.74, 6) is 2.55. The second-order valence-electron chi connectivity index (χ2n) is 9.85. The maximum Gasteiger partial charge on any atom is 0.175 e. The number of halogens is 1. The first-order valence-electron chi connectivity index (χ1n) is 13.4. The van der Waals surface area contributed by atoms with E-state index in [0.717, 1.165) is 54.4 Å². The molecule has 0 radical (unpaired) electrons. The van der Waals surface area contributed by atoms with E-state index < -0.39 is 0 Å². The van der Waals surface area contributed by atoms with Crippen LogP contribution in [0.3, 0.4) is 0 Å². The van der Waals surface area contributed by atoms with E-state index in [2.05, 4.69) is 52.8 Å². The lowest BCUT2D eigenvalue weighted by atomic mass is 9.94. The Balaban J connectivity index is 1.35. The van der Waals surface area contributed by atoms with E-state index in [4.69, 9.17) is 35.5 Å². The van der Waals surface area contributed by atoms with E-state index in [1.807, 2.05) is 6.07 Å². The van der Waals surface area contributed by atoms with Crippen LogP contribution in [0.15, 0.2) is 42.5 Å². The summed E-state index contributed by atoms with van der Waals surface area (Å²) >= 11 is 6.91. The fraction of sp³-hybridized carbons (Fsp3) is 0.483. The molecule has 0 amide bonds. The minimum absolute atomic E-state index is 0.273. The number of piperidine rings is 1. The SMILES string of the molecule is CCc1ccccc1-c1nc(Cl)c(CN2CCCCC2c2ccc3c(c2)OCCO3)n1CC1OCCO1. The Morgan fingerprint density at radius 3 is 2.62 bits per heavy atom. The van der Waals surface area contributed by atoms with Gasteiger partial charge in [0, 0.05) is 18.2 Å². The normalized spacial score (nSPS) is 20.4. The second kappa shape index (κ2) is 11.0. The first kappa shape index (κ1) is 24.7. The molecule has 0 N–H and O–H groups in total. The standard InChI is InChI=1S/C29H34ClN3O4/c1-2-20-7-3-4-8-22(20)29-31-28(30)24(33(29)19-27-36-15-16-37-27)18-32-12-6-5-9-23(32)21-10-11-25-26(17-21)35-14-13-34-25/h3-4,7-8,10-11,17,23,27H,2,5-6,9,12-16,18-19H2,1H3. The van der Waals surface area contributed by atoms with Gasteiger partial charge in [0.1, 0.15) is 19.0 Å². The number of hydrogen-bond acceptors (Lipinski definition) is 6. The van der Waals surface area contributed by atoms with Crippen LogP contribution < -0.4 is 9.47 Å². The molecule has 0 bridgehead atoms. The third kappa shape index (κ3) is 5.10. The third-order valence-electron chi connectivity index (χ3n) is 7.60. The molecule has 0 saturated carbocycles. The molecule has 1 aromatic heterocycles. The molecule has 3 aliphatic rings. The van der Waals surface area contributed by atoms with Gasteiger partial charge in [0.15, 0.2) is 22.9 Å². The van der Waals surface area contributed by atoms with E-state index in [1.54, 1.807) is 0 Å². The molecule has 6 rings (SSSR count). The Bertz CT molecular complexity index is 1240. The topological polar surface area (TPSA) is 58.0 Å². The van der Waals surface area contributed by atoms with Gasteiger partial charge in [-0.2, -0.15) is 0 Å². The Labute approximate surface area is 223 Å². The molecule has 1 atom stereocenters. The third-order valence-corrected chi connectivity index (χ3v) is 7.91. The molecule has 3 aliphatic heterocycles. The number of imidazole rings is 1. The summed E-state index contributed by atoms with van der Waals surface area (Å²) in [7, 11) is 0. The maximum atomic E-state index is 6.91. The molecule has 3 aromatic rings. The summed E-state index contributed by atoms with van der Waals surface area (Å²) in [4.78, 5) is 7.43. The van der Waals surface area contributed by atoms with Gasteiger partial charge >= 0.3 is 0 Å². The van der Waals surface area contributed by atoms with Crippen molar-refractivity contribution in [2.75, 3.05) is 33.0 Å². The largest absolute Gasteiger partial charge is 0.486 e. The number of aromatic nitrogens is 2. The molecule has 7 nitrogen and oxygen atoms in total. The number of hydrogen-bond donors (Lipinski definition) is 0. The van der Waals surface area contributed by atoms with Crippen LogP contribution in [0.25, 0.3) is 11.4 Å². The first-order valence-corrected chi connectivity index (χ1v) is 13.8. The van der Waals surface area contributed by atoms with Gasteiger partial charge in [-0.15, -0.1) is 0 Å². The van der Waals surface area contributed by atoms with Gasteiger partial charge in [0.2, 0.25) is 0 Å². The molecule has 2 aromatic carbocycles. The highest BCUT2D eigenvalue weighted by Crippen LogP contribution is 2.39. The van der Waals surface area contributed by atoms with Crippen molar-refractivity contribution in [3.63, 3.8) is 0 Å². The van der Waals surface area contributed by atoms with Crippen molar-refractivity contribution >= 4 is 11.6 Å². The zero-order valence-electron chi connectivity index (χ0n) is 21.3. The fourth-order valence-corrected chi connectivity index (χ4v) is 5.98. The van der Waals surface area contributed by atoms with E-state index in [-0.39, 0.29) is 12.3 Å². The molecular weight excluding hydrogens is 490 g/mol. The van der Waals surface area contributed by atoms with Crippen molar-refractivity contribution in [3.05, 3.63) is 64.4 Å². The van der Waals surface area contributed by atoms with E-state index in [0.29, 0.717) is 44.7 Å². The molecule has 196 valence electrons. The van der Waals surface area contributed by atoms with Crippen molar-refractivity contribution in [1.82, 2.24) is 14.5 Å². The van der Waals surface area contributed by atoms with Crippen LogP contribution in [0.4, 0.5) is 0 Å². The quantitative estimate of drug-likeness (QED) is 0.399. The highest BCUT2D eigenvalue weighted by molar-refractivity contribution is 6.30. The van der Waals surface area contributed by atoms with E-state index in [9.17, 15) is 0 Å². The number of nitrogens with zero attached hydrogens (tertiary/aromatic N) is 3. The lowest BCUT2D eigenvalue weighted by Gasteiger charge is -2.36. The molecule has 2 saturated heterocycles. The van der Waals surface area contributed by atoms with Gasteiger partial charge in [-0.05, 0) is 49.1 Å². The van der Waals surface area contributed by atoms with E-state index in [1.165, 1.54) is 17.5 Å².